The van der Waals surface area contributed by atoms with Crippen molar-refractivity contribution in [1.29, 1.82) is 5.26 Å². The molecule has 0 amide bonds. The van der Waals surface area contributed by atoms with Crippen LogP contribution in [0.4, 0.5) is 0 Å². The quantitative estimate of drug-likeness (QED) is 0.734. The van der Waals surface area contributed by atoms with Crippen LogP contribution in [0.25, 0.3) is 0 Å². The van der Waals surface area contributed by atoms with Gasteiger partial charge in [-0.05, 0) is 63.1 Å². The minimum atomic E-state index is -0.931. The number of hydrogen-bond acceptors (Lipinski definition) is 6. The molecule has 1 saturated heterocycles. The average molecular weight is 381 g/mol. The molecule has 2 aliphatic heterocycles. The van der Waals surface area contributed by atoms with E-state index in [0.29, 0.717) is 30.9 Å². The molecule has 148 valence electrons. The molecule has 0 aromatic heterocycles. The summed E-state index contributed by atoms with van der Waals surface area (Å²) in [5.41, 5.74) is 0.576. The normalized spacial score (nSPS) is 43.2. The molecule has 1 unspecified atom stereocenters. The highest BCUT2D eigenvalue weighted by Crippen LogP contribution is 2.66. The van der Waals surface area contributed by atoms with Crippen molar-refractivity contribution in [2.45, 2.75) is 73.8 Å². The van der Waals surface area contributed by atoms with Crippen molar-refractivity contribution in [2.75, 3.05) is 13.6 Å². The second-order valence-corrected chi connectivity index (χ2v) is 9.52. The third-order valence-electron chi connectivity index (χ3n) is 8.34. The molecule has 1 aromatic rings. The number of ether oxygens (including phenoxy) is 1. The molecular formula is C22H27N3O3. The van der Waals surface area contributed by atoms with Crippen molar-refractivity contribution in [1.82, 2.24) is 10.2 Å². The summed E-state index contributed by atoms with van der Waals surface area (Å²) in [6, 6.07) is 6.08. The van der Waals surface area contributed by atoms with Crippen molar-refractivity contribution in [2.24, 2.45) is 5.92 Å². The van der Waals surface area contributed by atoms with Crippen molar-refractivity contribution < 1.29 is 14.9 Å². The van der Waals surface area contributed by atoms with Crippen molar-refractivity contribution in [3.05, 3.63) is 23.3 Å². The minimum Gasteiger partial charge on any atom is -0.504 e. The smallest absolute Gasteiger partial charge is 0.165 e. The lowest BCUT2D eigenvalue weighted by Gasteiger charge is -2.65. The van der Waals surface area contributed by atoms with E-state index in [1.807, 2.05) is 13.1 Å². The summed E-state index contributed by atoms with van der Waals surface area (Å²) in [5, 5.41) is 36.3. The van der Waals surface area contributed by atoms with Gasteiger partial charge in [-0.2, -0.15) is 5.26 Å². The average Bonchev–Trinajstić information content (AvgIpc) is 3.43. The Hall–Kier alpha value is -1.81. The molecule has 6 nitrogen and oxygen atoms in total. The van der Waals surface area contributed by atoms with Crippen molar-refractivity contribution >= 4 is 0 Å². The van der Waals surface area contributed by atoms with Gasteiger partial charge in [0.05, 0.1) is 23.1 Å². The number of nitrogens with zero attached hydrogens (tertiary/aromatic N) is 2. The number of nitriles is 1. The molecule has 6 heteroatoms. The maximum Gasteiger partial charge on any atom is 0.165 e. The minimum absolute atomic E-state index is 0.0709. The Kier molecular flexibility index (Phi) is 3.30. The number of rotatable bonds is 3. The van der Waals surface area contributed by atoms with Crippen LogP contribution in [0.2, 0.25) is 0 Å². The number of phenolic OH excluding ortho intramolecular Hbond substituents is 1. The second-order valence-electron chi connectivity index (χ2n) is 9.52. The first-order valence-electron chi connectivity index (χ1n) is 10.6. The van der Waals surface area contributed by atoms with E-state index in [2.05, 4.69) is 16.3 Å². The van der Waals surface area contributed by atoms with Gasteiger partial charge in [-0.1, -0.05) is 6.07 Å². The second kappa shape index (κ2) is 5.41. The van der Waals surface area contributed by atoms with Crippen LogP contribution in [0.3, 0.4) is 0 Å². The summed E-state index contributed by atoms with van der Waals surface area (Å²) in [6.07, 6.45) is 4.99. The Morgan fingerprint density at radius 2 is 2.18 bits per heavy atom. The standard InChI is InChI=1S/C22H27N3O3/c1-24-15-6-7-22(27)17-8-13-4-5-16(26)19-18(13)21(22,20(15)28-19)9-14(10-23)25(17)11-12-2-3-12/h4-5,12,14-15,17,20,24,26-27H,2-3,6-9,11H2,1H3/t14?,15-,17-,20+,21+,22-/m1/s1. The number of phenols is 1. The number of nitrogens with one attached hydrogen (secondary N) is 1. The molecule has 6 rings (SSSR count). The van der Waals surface area contributed by atoms with Gasteiger partial charge >= 0.3 is 0 Å². The van der Waals surface area contributed by atoms with Crippen molar-refractivity contribution in [3.63, 3.8) is 0 Å². The first kappa shape index (κ1) is 17.1. The molecule has 2 saturated carbocycles. The van der Waals surface area contributed by atoms with Gasteiger partial charge < -0.3 is 20.3 Å². The van der Waals surface area contributed by atoms with Crippen LogP contribution in [-0.4, -0.2) is 58.5 Å². The van der Waals surface area contributed by atoms with E-state index in [1.165, 1.54) is 18.4 Å². The highest BCUT2D eigenvalue weighted by Gasteiger charge is 2.74. The lowest BCUT2D eigenvalue weighted by molar-refractivity contribution is -0.199. The van der Waals surface area contributed by atoms with Crippen molar-refractivity contribution in [3.8, 4) is 17.6 Å². The predicted octanol–water partition coefficient (Wildman–Crippen LogP) is 1.44. The molecule has 1 aromatic carbocycles. The first-order chi connectivity index (χ1) is 13.5. The van der Waals surface area contributed by atoms with Crippen LogP contribution in [0.1, 0.15) is 43.2 Å². The van der Waals surface area contributed by atoms with Gasteiger partial charge in [0.25, 0.3) is 0 Å². The van der Waals surface area contributed by atoms with E-state index in [1.54, 1.807) is 6.07 Å². The maximum atomic E-state index is 12.3. The summed E-state index contributed by atoms with van der Waals surface area (Å²) < 4.78 is 6.40. The molecular weight excluding hydrogens is 354 g/mol. The predicted molar refractivity (Wildman–Crippen MR) is 102 cm³/mol. The van der Waals surface area contributed by atoms with Crippen LogP contribution in [0, 0.1) is 17.2 Å². The highest BCUT2D eigenvalue weighted by molar-refractivity contribution is 5.63. The monoisotopic (exact) mass is 381 g/mol. The third-order valence-corrected chi connectivity index (χ3v) is 8.34. The van der Waals surface area contributed by atoms with E-state index in [0.717, 1.165) is 18.5 Å². The molecule has 1 spiro atoms. The Labute approximate surface area is 165 Å². The fraction of sp³-hybridized carbons (Fsp3) is 0.682. The van der Waals surface area contributed by atoms with E-state index in [-0.39, 0.29) is 30.0 Å². The summed E-state index contributed by atoms with van der Waals surface area (Å²) in [6.45, 7) is 0.905. The van der Waals surface area contributed by atoms with Gasteiger partial charge in [-0.15, -0.1) is 0 Å². The molecule has 6 atom stereocenters. The number of likely N-dealkylation sites (tertiary alicyclic amines) is 1. The molecule has 5 aliphatic rings. The maximum absolute atomic E-state index is 12.3. The number of benzene rings is 1. The summed E-state index contributed by atoms with van der Waals surface area (Å²) in [7, 11) is 1.93. The van der Waals surface area contributed by atoms with Gasteiger partial charge in [-0.25, -0.2) is 0 Å². The van der Waals surface area contributed by atoms with Crippen LogP contribution in [0.5, 0.6) is 11.5 Å². The van der Waals surface area contributed by atoms with E-state index in [4.69, 9.17) is 4.74 Å². The number of aromatic hydroxyl groups is 1. The SMILES string of the molecule is CN[C@@H]1CC[C@@]2(O)[C@H]3Cc4ccc(O)c5c4[C@@]2(CC(C#N)N3CC2CC2)[C@H]1O5. The highest BCUT2D eigenvalue weighted by atomic mass is 16.5. The lowest BCUT2D eigenvalue weighted by Crippen LogP contribution is -2.79. The molecule has 0 radical (unpaired) electrons. The number of likely N-dealkylation sites (N-methyl/N-ethyl adjacent to an activating group) is 1. The van der Waals surface area contributed by atoms with Gasteiger partial charge in [0.15, 0.2) is 11.5 Å². The third kappa shape index (κ3) is 1.84. The molecule has 2 heterocycles. The Balaban J connectivity index is 1.59. The zero-order chi connectivity index (χ0) is 19.3. The number of piperidine rings is 1. The lowest BCUT2D eigenvalue weighted by atomic mass is 9.47. The fourth-order valence-electron chi connectivity index (χ4n) is 6.93. The molecule has 2 bridgehead atoms. The Bertz CT molecular complexity index is 894. The molecule has 3 N–H and O–H groups in total. The van der Waals surface area contributed by atoms with Gasteiger partial charge in [0.1, 0.15) is 6.10 Å². The summed E-state index contributed by atoms with van der Waals surface area (Å²) in [5.74, 6) is 1.34. The molecule has 3 aliphatic carbocycles. The van der Waals surface area contributed by atoms with Crippen LogP contribution >= 0.6 is 0 Å². The Morgan fingerprint density at radius 3 is 2.89 bits per heavy atom. The number of hydrogen-bond donors (Lipinski definition) is 3. The first-order valence-corrected chi connectivity index (χ1v) is 10.6. The van der Waals surface area contributed by atoms with Gasteiger partial charge in [0, 0.05) is 24.2 Å². The largest absolute Gasteiger partial charge is 0.504 e. The van der Waals surface area contributed by atoms with E-state index >= 15 is 0 Å². The fourth-order valence-corrected chi connectivity index (χ4v) is 6.93. The van der Waals surface area contributed by atoms with Crippen LogP contribution in [-0.2, 0) is 11.8 Å². The van der Waals surface area contributed by atoms with Crippen LogP contribution < -0.4 is 10.1 Å². The van der Waals surface area contributed by atoms with Gasteiger partial charge in [-0.3, -0.25) is 4.90 Å². The summed E-state index contributed by atoms with van der Waals surface area (Å²) >= 11 is 0. The molecule has 28 heavy (non-hydrogen) atoms. The summed E-state index contributed by atoms with van der Waals surface area (Å²) in [4.78, 5) is 2.31. The zero-order valence-electron chi connectivity index (χ0n) is 16.2. The zero-order valence-corrected chi connectivity index (χ0v) is 16.2. The number of aliphatic hydroxyl groups is 1. The Morgan fingerprint density at radius 1 is 1.36 bits per heavy atom. The van der Waals surface area contributed by atoms with Crippen LogP contribution in [0.15, 0.2) is 12.1 Å². The van der Waals surface area contributed by atoms with E-state index < -0.39 is 11.0 Å². The topological polar surface area (TPSA) is 88.8 Å². The molecule has 3 fully saturated rings. The van der Waals surface area contributed by atoms with E-state index in [9.17, 15) is 15.5 Å². The van der Waals surface area contributed by atoms with Gasteiger partial charge in [0.2, 0.25) is 0 Å².